The highest BCUT2D eigenvalue weighted by Gasteiger charge is 2.30. The molecule has 2 aliphatic carbocycles. The summed E-state index contributed by atoms with van der Waals surface area (Å²) in [5.41, 5.74) is 0. The van der Waals surface area contributed by atoms with E-state index in [1.165, 1.54) is 25.7 Å². The third kappa shape index (κ3) is 2.81. The van der Waals surface area contributed by atoms with Crippen molar-refractivity contribution in [2.45, 2.75) is 38.5 Å². The summed E-state index contributed by atoms with van der Waals surface area (Å²) in [7, 11) is 2.10. The minimum Gasteiger partial charge on any atom is -0.299 e. The predicted molar refractivity (Wildman–Crippen MR) is 57.2 cm³/mol. The summed E-state index contributed by atoms with van der Waals surface area (Å²) in [5, 5.41) is 0. The van der Waals surface area contributed by atoms with Gasteiger partial charge in [0.15, 0.2) is 0 Å². The van der Waals surface area contributed by atoms with Gasteiger partial charge in [0, 0.05) is 12.5 Å². The van der Waals surface area contributed by atoms with Crippen LogP contribution >= 0.6 is 0 Å². The van der Waals surface area contributed by atoms with Gasteiger partial charge in [0.05, 0.1) is 6.54 Å². The summed E-state index contributed by atoms with van der Waals surface area (Å²) >= 11 is 0. The molecule has 2 saturated carbocycles. The minimum atomic E-state index is 0.432. The van der Waals surface area contributed by atoms with E-state index in [1.807, 2.05) is 0 Å². The van der Waals surface area contributed by atoms with E-state index in [0.717, 1.165) is 25.3 Å². The largest absolute Gasteiger partial charge is 0.299 e. The van der Waals surface area contributed by atoms with Crippen molar-refractivity contribution in [3.8, 4) is 0 Å². The first-order valence-electron chi connectivity index (χ1n) is 5.97. The van der Waals surface area contributed by atoms with Gasteiger partial charge in [-0.05, 0) is 38.6 Å². The van der Waals surface area contributed by atoms with E-state index in [2.05, 4.69) is 11.9 Å². The maximum absolute atomic E-state index is 11.5. The Morgan fingerprint density at radius 1 is 1.21 bits per heavy atom. The zero-order valence-corrected chi connectivity index (χ0v) is 9.17. The van der Waals surface area contributed by atoms with Crippen LogP contribution in [0, 0.1) is 11.8 Å². The lowest BCUT2D eigenvalue weighted by atomic mass is 10.1. The standard InChI is InChI=1S/C12H21NO/c1-13(8-10-4-2-3-5-10)9-12(14)11-6-7-11/h10-11H,2-9H2,1H3. The van der Waals surface area contributed by atoms with Crippen LogP contribution in [0.15, 0.2) is 0 Å². The summed E-state index contributed by atoms with van der Waals surface area (Å²) in [6, 6.07) is 0. The molecule has 2 nitrogen and oxygen atoms in total. The van der Waals surface area contributed by atoms with Gasteiger partial charge < -0.3 is 0 Å². The number of likely N-dealkylation sites (N-methyl/N-ethyl adjacent to an activating group) is 1. The third-order valence-electron chi connectivity index (χ3n) is 3.50. The van der Waals surface area contributed by atoms with Crippen molar-refractivity contribution >= 4 is 5.78 Å². The third-order valence-corrected chi connectivity index (χ3v) is 3.50. The average Bonchev–Trinajstić information content (AvgIpc) is 2.87. The minimum absolute atomic E-state index is 0.432. The van der Waals surface area contributed by atoms with Crippen LogP contribution < -0.4 is 0 Å². The fraction of sp³-hybridized carbons (Fsp3) is 0.917. The van der Waals surface area contributed by atoms with Gasteiger partial charge in [0.1, 0.15) is 5.78 Å². The van der Waals surface area contributed by atoms with Gasteiger partial charge in [-0.2, -0.15) is 0 Å². The fourth-order valence-electron chi connectivity index (χ4n) is 2.50. The zero-order chi connectivity index (χ0) is 9.97. The van der Waals surface area contributed by atoms with Crippen LogP contribution in [0.5, 0.6) is 0 Å². The van der Waals surface area contributed by atoms with E-state index >= 15 is 0 Å². The molecule has 0 N–H and O–H groups in total. The second-order valence-corrected chi connectivity index (χ2v) is 5.09. The van der Waals surface area contributed by atoms with Crippen molar-refractivity contribution in [3.63, 3.8) is 0 Å². The molecule has 2 rings (SSSR count). The summed E-state index contributed by atoms with van der Waals surface area (Å²) in [6.07, 6.45) is 7.85. The van der Waals surface area contributed by atoms with Crippen LogP contribution in [0.25, 0.3) is 0 Å². The number of hydrogen-bond donors (Lipinski definition) is 0. The van der Waals surface area contributed by atoms with Crippen LogP contribution in [0.1, 0.15) is 38.5 Å². The van der Waals surface area contributed by atoms with Crippen molar-refractivity contribution in [1.29, 1.82) is 0 Å². The number of Topliss-reactive ketones (excluding diaryl/α,β-unsaturated/α-hetero) is 1. The fourth-order valence-corrected chi connectivity index (χ4v) is 2.50. The molecule has 0 amide bonds. The van der Waals surface area contributed by atoms with Gasteiger partial charge in [-0.3, -0.25) is 9.69 Å². The molecule has 0 heterocycles. The lowest BCUT2D eigenvalue weighted by Gasteiger charge is -2.19. The van der Waals surface area contributed by atoms with Crippen molar-refractivity contribution in [3.05, 3.63) is 0 Å². The average molecular weight is 195 g/mol. The molecule has 0 aromatic carbocycles. The molecule has 0 radical (unpaired) electrons. The van der Waals surface area contributed by atoms with Crippen LogP contribution in [-0.4, -0.2) is 30.8 Å². The molecule has 0 spiro atoms. The highest BCUT2D eigenvalue weighted by Crippen LogP contribution is 2.30. The topological polar surface area (TPSA) is 20.3 Å². The van der Waals surface area contributed by atoms with Crippen molar-refractivity contribution in [1.82, 2.24) is 4.90 Å². The van der Waals surface area contributed by atoms with Crippen molar-refractivity contribution in [2.24, 2.45) is 11.8 Å². The van der Waals surface area contributed by atoms with Crippen molar-refractivity contribution < 1.29 is 4.79 Å². The van der Waals surface area contributed by atoms with Gasteiger partial charge in [0.25, 0.3) is 0 Å². The highest BCUT2D eigenvalue weighted by molar-refractivity contribution is 5.84. The summed E-state index contributed by atoms with van der Waals surface area (Å²) in [4.78, 5) is 13.8. The molecule has 0 unspecified atom stereocenters. The monoisotopic (exact) mass is 195 g/mol. The van der Waals surface area contributed by atoms with E-state index in [9.17, 15) is 4.79 Å². The number of carbonyl (C=O) groups excluding carboxylic acids is 1. The molecular formula is C12H21NO. The molecule has 14 heavy (non-hydrogen) atoms. The quantitative estimate of drug-likeness (QED) is 0.669. The predicted octanol–water partition coefficient (Wildman–Crippen LogP) is 2.09. The van der Waals surface area contributed by atoms with E-state index in [4.69, 9.17) is 0 Å². The van der Waals surface area contributed by atoms with Gasteiger partial charge in [-0.1, -0.05) is 12.8 Å². The van der Waals surface area contributed by atoms with E-state index in [-0.39, 0.29) is 0 Å². The van der Waals surface area contributed by atoms with E-state index in [0.29, 0.717) is 18.2 Å². The normalized spacial score (nSPS) is 23.3. The Morgan fingerprint density at radius 2 is 1.86 bits per heavy atom. The van der Waals surface area contributed by atoms with E-state index in [1.54, 1.807) is 0 Å². The first-order chi connectivity index (χ1) is 6.75. The molecule has 80 valence electrons. The number of nitrogens with zero attached hydrogens (tertiary/aromatic N) is 1. The van der Waals surface area contributed by atoms with Crippen LogP contribution in [0.4, 0.5) is 0 Å². The Hall–Kier alpha value is -0.370. The Labute approximate surface area is 86.7 Å². The summed E-state index contributed by atoms with van der Waals surface area (Å²) < 4.78 is 0. The molecule has 2 fully saturated rings. The first kappa shape index (κ1) is 10.2. The van der Waals surface area contributed by atoms with Gasteiger partial charge in [0.2, 0.25) is 0 Å². The smallest absolute Gasteiger partial charge is 0.149 e. The maximum Gasteiger partial charge on any atom is 0.149 e. The number of carbonyl (C=O) groups is 1. The SMILES string of the molecule is CN(CC(=O)C1CC1)CC1CCCC1. The summed E-state index contributed by atoms with van der Waals surface area (Å²) in [6.45, 7) is 1.83. The Balaban J connectivity index is 1.66. The van der Waals surface area contributed by atoms with Crippen LogP contribution in [-0.2, 0) is 4.79 Å². The molecule has 0 aromatic heterocycles. The molecule has 0 atom stereocenters. The van der Waals surface area contributed by atoms with Crippen LogP contribution in [0.2, 0.25) is 0 Å². The molecule has 0 aliphatic heterocycles. The van der Waals surface area contributed by atoms with Gasteiger partial charge in [-0.15, -0.1) is 0 Å². The van der Waals surface area contributed by atoms with Gasteiger partial charge in [-0.25, -0.2) is 0 Å². The molecule has 2 heteroatoms. The number of rotatable bonds is 5. The Kier molecular flexibility index (Phi) is 3.22. The maximum atomic E-state index is 11.5. The first-order valence-corrected chi connectivity index (χ1v) is 5.97. The Morgan fingerprint density at radius 3 is 2.43 bits per heavy atom. The number of ketones is 1. The number of hydrogen-bond acceptors (Lipinski definition) is 2. The molecule has 0 saturated heterocycles. The molecule has 0 bridgehead atoms. The summed E-state index contributed by atoms with van der Waals surface area (Å²) in [5.74, 6) is 1.78. The second-order valence-electron chi connectivity index (χ2n) is 5.09. The van der Waals surface area contributed by atoms with Crippen LogP contribution in [0.3, 0.4) is 0 Å². The lowest BCUT2D eigenvalue weighted by Crippen LogP contribution is -2.30. The molecule has 2 aliphatic rings. The van der Waals surface area contributed by atoms with Crippen molar-refractivity contribution in [2.75, 3.05) is 20.1 Å². The van der Waals surface area contributed by atoms with E-state index < -0.39 is 0 Å². The molecule has 0 aromatic rings. The Bertz CT molecular complexity index is 204. The second kappa shape index (κ2) is 4.43. The lowest BCUT2D eigenvalue weighted by molar-refractivity contribution is -0.121. The molecular weight excluding hydrogens is 174 g/mol. The highest BCUT2D eigenvalue weighted by atomic mass is 16.1. The van der Waals surface area contributed by atoms with Gasteiger partial charge >= 0.3 is 0 Å². The zero-order valence-electron chi connectivity index (χ0n) is 9.17.